The Morgan fingerprint density at radius 3 is 2.65 bits per heavy atom. The van der Waals surface area contributed by atoms with Crippen LogP contribution in [0.15, 0.2) is 42.7 Å². The maximum atomic E-state index is 11.4. The van der Waals surface area contributed by atoms with E-state index in [1.54, 1.807) is 24.4 Å². The lowest BCUT2D eigenvalue weighted by Gasteiger charge is -2.21. The lowest BCUT2D eigenvalue weighted by molar-refractivity contribution is -0.120. The number of rotatable bonds is 3. The van der Waals surface area contributed by atoms with Crippen LogP contribution in [0.5, 0.6) is 5.75 Å². The molecule has 0 bridgehead atoms. The van der Waals surface area contributed by atoms with Gasteiger partial charge in [-0.25, -0.2) is 0 Å². The van der Waals surface area contributed by atoms with Gasteiger partial charge in [0.1, 0.15) is 11.5 Å². The van der Waals surface area contributed by atoms with Crippen molar-refractivity contribution in [2.24, 2.45) is 0 Å². The number of nitrogens with zero attached hydrogens (tertiary/aromatic N) is 4. The number of hydrogen-bond donors (Lipinski definition) is 2. The molecule has 1 aromatic carbocycles. The van der Waals surface area contributed by atoms with E-state index in [1.165, 1.54) is 0 Å². The van der Waals surface area contributed by atoms with E-state index in [9.17, 15) is 9.90 Å². The Hall–Kier alpha value is -3.22. The first-order chi connectivity index (χ1) is 12.6. The molecule has 0 unspecified atom stereocenters. The zero-order chi connectivity index (χ0) is 18.1. The molecular weight excluding hydrogens is 330 g/mol. The van der Waals surface area contributed by atoms with Crippen LogP contribution in [0.25, 0.3) is 22.4 Å². The van der Waals surface area contributed by atoms with Crippen LogP contribution in [0.1, 0.15) is 31.7 Å². The van der Waals surface area contributed by atoms with E-state index < -0.39 is 0 Å². The Balaban J connectivity index is 1.67. The van der Waals surface area contributed by atoms with Gasteiger partial charge in [0.05, 0.1) is 17.9 Å². The predicted molar refractivity (Wildman–Crippen MR) is 97.3 cm³/mol. The third kappa shape index (κ3) is 3.03. The van der Waals surface area contributed by atoms with Gasteiger partial charge in [0.15, 0.2) is 5.82 Å². The van der Waals surface area contributed by atoms with Gasteiger partial charge < -0.3 is 10.8 Å². The van der Waals surface area contributed by atoms with Crippen LogP contribution in [-0.4, -0.2) is 30.9 Å². The number of phenolic OH excluding ortho intramolecular Hbond substituents is 1. The molecule has 2 heterocycles. The highest BCUT2D eigenvalue weighted by molar-refractivity contribution is 5.79. The van der Waals surface area contributed by atoms with E-state index in [4.69, 9.17) is 5.73 Å². The van der Waals surface area contributed by atoms with E-state index in [0.29, 0.717) is 35.7 Å². The number of aromatic hydroxyl groups is 1. The van der Waals surface area contributed by atoms with Gasteiger partial charge in [0.25, 0.3) is 0 Å². The molecule has 26 heavy (non-hydrogen) atoms. The third-order valence-corrected chi connectivity index (χ3v) is 4.80. The molecular formula is C19H19N5O2. The van der Waals surface area contributed by atoms with E-state index in [1.807, 2.05) is 23.0 Å². The fourth-order valence-electron chi connectivity index (χ4n) is 3.32. The second-order valence-electron chi connectivity index (χ2n) is 6.52. The number of nitrogens with two attached hydrogens (primary N) is 1. The Kier molecular flexibility index (Phi) is 4.12. The summed E-state index contributed by atoms with van der Waals surface area (Å²) in [5.74, 6) is 0.770. The standard InChI is InChI=1S/C19H19N5O2/c20-19-16(9-17(22-23-19)15-3-1-2-4-18(15)26)12-10-21-24(11-12)13-5-7-14(25)8-6-13/h1-4,9-11,13,26H,5-8H2,(H2,20,23). The summed E-state index contributed by atoms with van der Waals surface area (Å²) in [6.45, 7) is 0. The summed E-state index contributed by atoms with van der Waals surface area (Å²) < 4.78 is 1.90. The molecule has 1 aliphatic rings. The highest BCUT2D eigenvalue weighted by Gasteiger charge is 2.21. The van der Waals surface area contributed by atoms with Gasteiger partial charge >= 0.3 is 0 Å². The van der Waals surface area contributed by atoms with Gasteiger partial charge in [-0.2, -0.15) is 5.10 Å². The largest absolute Gasteiger partial charge is 0.507 e. The summed E-state index contributed by atoms with van der Waals surface area (Å²) in [6, 6.07) is 9.01. The number of aromatic nitrogens is 4. The van der Waals surface area contributed by atoms with Gasteiger partial charge in [0.2, 0.25) is 0 Å². The molecule has 0 atom stereocenters. The molecule has 7 nitrogen and oxygen atoms in total. The number of phenols is 1. The minimum absolute atomic E-state index is 0.139. The normalized spacial score (nSPS) is 15.3. The quantitative estimate of drug-likeness (QED) is 0.753. The number of hydrogen-bond acceptors (Lipinski definition) is 6. The second-order valence-corrected chi connectivity index (χ2v) is 6.52. The summed E-state index contributed by atoms with van der Waals surface area (Å²) in [5.41, 5.74) is 8.72. The smallest absolute Gasteiger partial charge is 0.154 e. The molecule has 1 fully saturated rings. The van der Waals surface area contributed by atoms with Crippen LogP contribution in [0, 0.1) is 0 Å². The number of carbonyl (C=O) groups excluding carboxylic acids is 1. The van der Waals surface area contributed by atoms with Crippen molar-refractivity contribution in [1.82, 2.24) is 20.0 Å². The van der Waals surface area contributed by atoms with E-state index in [0.717, 1.165) is 24.0 Å². The number of carbonyl (C=O) groups is 1. The van der Waals surface area contributed by atoms with Crippen molar-refractivity contribution in [3.63, 3.8) is 0 Å². The molecule has 3 aromatic rings. The average Bonchev–Trinajstić information content (AvgIpc) is 3.13. The van der Waals surface area contributed by atoms with Gasteiger partial charge in [-0.1, -0.05) is 12.1 Å². The Bertz CT molecular complexity index is 956. The van der Waals surface area contributed by atoms with Crippen molar-refractivity contribution in [2.75, 3.05) is 5.73 Å². The van der Waals surface area contributed by atoms with Crippen LogP contribution in [0.4, 0.5) is 5.82 Å². The summed E-state index contributed by atoms with van der Waals surface area (Å²) in [7, 11) is 0. The van der Waals surface area contributed by atoms with Crippen molar-refractivity contribution in [3.05, 3.63) is 42.7 Å². The number of Topliss-reactive ketones (excluding diaryl/α,β-unsaturated/α-hetero) is 1. The molecule has 0 spiro atoms. The molecule has 0 aliphatic heterocycles. The van der Waals surface area contributed by atoms with Crippen molar-refractivity contribution in [2.45, 2.75) is 31.7 Å². The van der Waals surface area contributed by atoms with E-state index >= 15 is 0 Å². The number of ketones is 1. The molecule has 7 heteroatoms. The van der Waals surface area contributed by atoms with Gasteiger partial charge in [-0.05, 0) is 31.0 Å². The summed E-state index contributed by atoms with van der Waals surface area (Å²) >= 11 is 0. The molecule has 0 amide bonds. The first kappa shape index (κ1) is 16.3. The third-order valence-electron chi connectivity index (χ3n) is 4.80. The minimum atomic E-state index is 0.139. The van der Waals surface area contributed by atoms with Gasteiger partial charge in [0, 0.05) is 35.7 Å². The fraction of sp³-hybridized carbons (Fsp3) is 0.263. The first-order valence-electron chi connectivity index (χ1n) is 8.59. The van der Waals surface area contributed by atoms with Crippen LogP contribution in [-0.2, 0) is 4.79 Å². The van der Waals surface area contributed by atoms with Gasteiger partial charge in [-0.15, -0.1) is 10.2 Å². The topological polar surface area (TPSA) is 107 Å². The van der Waals surface area contributed by atoms with Crippen molar-refractivity contribution < 1.29 is 9.90 Å². The number of anilines is 1. The number of benzene rings is 1. The molecule has 2 aromatic heterocycles. The summed E-state index contributed by atoms with van der Waals surface area (Å²) in [4.78, 5) is 11.4. The molecule has 0 radical (unpaired) electrons. The molecule has 4 rings (SSSR count). The summed E-state index contributed by atoms with van der Waals surface area (Å²) in [6.07, 6.45) is 6.52. The molecule has 132 valence electrons. The highest BCUT2D eigenvalue weighted by Crippen LogP contribution is 2.33. The number of nitrogen functional groups attached to an aromatic ring is 1. The van der Waals surface area contributed by atoms with Crippen LogP contribution in [0.2, 0.25) is 0 Å². The monoisotopic (exact) mass is 349 g/mol. The first-order valence-corrected chi connectivity index (χ1v) is 8.59. The maximum Gasteiger partial charge on any atom is 0.154 e. The average molecular weight is 349 g/mol. The zero-order valence-electron chi connectivity index (χ0n) is 14.2. The lowest BCUT2D eigenvalue weighted by Crippen LogP contribution is -2.18. The van der Waals surface area contributed by atoms with E-state index in [2.05, 4.69) is 15.3 Å². The Labute approximate surface area is 150 Å². The lowest BCUT2D eigenvalue weighted by atomic mass is 9.94. The summed E-state index contributed by atoms with van der Waals surface area (Å²) in [5, 5.41) is 22.6. The molecule has 3 N–H and O–H groups in total. The minimum Gasteiger partial charge on any atom is -0.507 e. The second kappa shape index (κ2) is 6.59. The van der Waals surface area contributed by atoms with Crippen molar-refractivity contribution >= 4 is 11.6 Å². The predicted octanol–water partition coefficient (Wildman–Crippen LogP) is 2.98. The molecule has 1 aliphatic carbocycles. The Morgan fingerprint density at radius 2 is 1.88 bits per heavy atom. The molecule has 1 saturated carbocycles. The van der Waals surface area contributed by atoms with Crippen molar-refractivity contribution in [3.8, 4) is 28.1 Å². The highest BCUT2D eigenvalue weighted by atomic mass is 16.3. The maximum absolute atomic E-state index is 11.4. The van der Waals surface area contributed by atoms with Gasteiger partial charge in [-0.3, -0.25) is 9.48 Å². The van der Waals surface area contributed by atoms with E-state index in [-0.39, 0.29) is 11.8 Å². The number of para-hydroxylation sites is 1. The zero-order valence-corrected chi connectivity index (χ0v) is 14.2. The van der Waals surface area contributed by atoms with Crippen LogP contribution >= 0.6 is 0 Å². The molecule has 0 saturated heterocycles. The van der Waals surface area contributed by atoms with Crippen LogP contribution in [0.3, 0.4) is 0 Å². The Morgan fingerprint density at radius 1 is 1.12 bits per heavy atom. The fourth-order valence-corrected chi connectivity index (χ4v) is 3.32. The van der Waals surface area contributed by atoms with Crippen LogP contribution < -0.4 is 5.73 Å². The SMILES string of the molecule is Nc1nnc(-c2ccccc2O)cc1-c1cnn(C2CCC(=O)CC2)c1. The van der Waals surface area contributed by atoms with Crippen molar-refractivity contribution in [1.29, 1.82) is 0 Å².